The highest BCUT2D eigenvalue weighted by atomic mass is 127. The summed E-state index contributed by atoms with van der Waals surface area (Å²) < 4.78 is 1.16. The van der Waals surface area contributed by atoms with Crippen LogP contribution in [0, 0.1) is 3.57 Å². The number of nitrogens with two attached hydrogens (primary N) is 2. The molecule has 1 aliphatic rings. The van der Waals surface area contributed by atoms with Crippen LogP contribution in [-0.2, 0) is 5.41 Å². The van der Waals surface area contributed by atoms with Crippen molar-refractivity contribution in [3.05, 3.63) is 111 Å². The van der Waals surface area contributed by atoms with E-state index < -0.39 is 5.41 Å². The molecule has 0 radical (unpaired) electrons. The third-order valence-electron chi connectivity index (χ3n) is 5.77. The standard InChI is InChI=1S/C25H19IN2O/c26-17-5-11-21-22-12-10-20(29)14-24(22)25(23(21)13-17,15-1-6-18(27)7-2-15)16-3-8-19(28)9-4-16/h1-14,29H,27-28H2. The lowest BCUT2D eigenvalue weighted by atomic mass is 9.67. The lowest BCUT2D eigenvalue weighted by molar-refractivity contribution is 0.474. The molecule has 0 saturated heterocycles. The molecule has 3 nitrogen and oxygen atoms in total. The molecule has 0 amide bonds. The normalized spacial score (nSPS) is 13.7. The van der Waals surface area contributed by atoms with Crippen LogP contribution in [0.2, 0.25) is 0 Å². The van der Waals surface area contributed by atoms with Gasteiger partial charge in [-0.15, -0.1) is 0 Å². The highest BCUT2D eigenvalue weighted by molar-refractivity contribution is 14.1. The predicted molar refractivity (Wildman–Crippen MR) is 127 cm³/mol. The molecule has 0 fully saturated rings. The molecule has 5 N–H and O–H groups in total. The molecule has 4 aromatic carbocycles. The molecular formula is C25H19IN2O. The lowest BCUT2D eigenvalue weighted by Crippen LogP contribution is -2.28. The molecule has 4 aromatic rings. The molecule has 29 heavy (non-hydrogen) atoms. The van der Waals surface area contributed by atoms with Crippen molar-refractivity contribution in [2.24, 2.45) is 0 Å². The molecule has 0 unspecified atom stereocenters. The van der Waals surface area contributed by atoms with Crippen molar-refractivity contribution in [2.75, 3.05) is 11.5 Å². The number of anilines is 2. The van der Waals surface area contributed by atoms with Gasteiger partial charge in [0.15, 0.2) is 0 Å². The van der Waals surface area contributed by atoms with Gasteiger partial charge in [0.05, 0.1) is 5.41 Å². The van der Waals surface area contributed by atoms with E-state index in [1.165, 1.54) is 11.1 Å². The molecule has 1 aliphatic carbocycles. The van der Waals surface area contributed by atoms with Gasteiger partial charge in [0.1, 0.15) is 5.75 Å². The summed E-state index contributed by atoms with van der Waals surface area (Å²) >= 11 is 2.36. The Hall–Kier alpha value is -2.99. The van der Waals surface area contributed by atoms with Gasteiger partial charge in [-0.3, -0.25) is 0 Å². The van der Waals surface area contributed by atoms with E-state index in [-0.39, 0.29) is 5.75 Å². The van der Waals surface area contributed by atoms with Crippen molar-refractivity contribution >= 4 is 34.0 Å². The first kappa shape index (κ1) is 18.1. The average molecular weight is 490 g/mol. The van der Waals surface area contributed by atoms with Gasteiger partial charge in [-0.1, -0.05) is 36.4 Å². The van der Waals surface area contributed by atoms with Gasteiger partial charge in [0.2, 0.25) is 0 Å². The quantitative estimate of drug-likeness (QED) is 0.225. The monoisotopic (exact) mass is 490 g/mol. The SMILES string of the molecule is Nc1ccc(C2(c3ccc(N)cc3)c3cc(O)ccc3-c3ccc(I)cc32)cc1. The third kappa shape index (κ3) is 2.63. The van der Waals surface area contributed by atoms with Gasteiger partial charge in [-0.05, 0) is 105 Å². The van der Waals surface area contributed by atoms with E-state index in [2.05, 4.69) is 65.1 Å². The van der Waals surface area contributed by atoms with E-state index in [1.54, 1.807) is 6.07 Å². The van der Waals surface area contributed by atoms with E-state index >= 15 is 0 Å². The third-order valence-corrected chi connectivity index (χ3v) is 6.44. The average Bonchev–Trinajstić information content (AvgIpc) is 2.99. The van der Waals surface area contributed by atoms with E-state index in [9.17, 15) is 5.11 Å². The number of phenolic OH excluding ortho intramolecular Hbond substituents is 1. The molecule has 0 heterocycles. The van der Waals surface area contributed by atoms with Crippen molar-refractivity contribution in [3.63, 3.8) is 0 Å². The largest absolute Gasteiger partial charge is 0.508 e. The second-order valence-electron chi connectivity index (χ2n) is 7.41. The van der Waals surface area contributed by atoms with Crippen molar-refractivity contribution in [2.45, 2.75) is 5.41 Å². The Morgan fingerprint density at radius 3 is 1.66 bits per heavy atom. The number of hydrogen-bond donors (Lipinski definition) is 3. The maximum atomic E-state index is 10.4. The molecular weight excluding hydrogens is 471 g/mol. The zero-order chi connectivity index (χ0) is 20.2. The molecule has 142 valence electrons. The number of nitrogen functional groups attached to an aromatic ring is 2. The first-order valence-corrected chi connectivity index (χ1v) is 10.4. The number of phenols is 1. The van der Waals surface area contributed by atoms with Gasteiger partial charge >= 0.3 is 0 Å². The lowest BCUT2D eigenvalue weighted by Gasteiger charge is -2.34. The van der Waals surface area contributed by atoms with Crippen LogP contribution in [0.3, 0.4) is 0 Å². The van der Waals surface area contributed by atoms with Crippen molar-refractivity contribution in [1.82, 2.24) is 0 Å². The summed E-state index contributed by atoms with van der Waals surface area (Å²) in [6.45, 7) is 0. The van der Waals surface area contributed by atoms with Gasteiger partial charge in [-0.25, -0.2) is 0 Å². The van der Waals surface area contributed by atoms with Gasteiger partial charge < -0.3 is 16.6 Å². The van der Waals surface area contributed by atoms with E-state index in [1.807, 2.05) is 36.4 Å². The molecule has 0 atom stereocenters. The van der Waals surface area contributed by atoms with E-state index in [0.717, 1.165) is 37.2 Å². The number of benzene rings is 4. The Kier molecular flexibility index (Phi) is 4.06. The van der Waals surface area contributed by atoms with Crippen molar-refractivity contribution in [3.8, 4) is 16.9 Å². The van der Waals surface area contributed by atoms with Crippen LogP contribution >= 0.6 is 22.6 Å². The van der Waals surface area contributed by atoms with Gasteiger partial charge in [0, 0.05) is 14.9 Å². The van der Waals surface area contributed by atoms with Crippen molar-refractivity contribution < 1.29 is 5.11 Å². The summed E-state index contributed by atoms with van der Waals surface area (Å²) in [7, 11) is 0. The summed E-state index contributed by atoms with van der Waals surface area (Å²) in [5, 5.41) is 10.4. The second-order valence-corrected chi connectivity index (χ2v) is 8.66. The number of aromatic hydroxyl groups is 1. The zero-order valence-corrected chi connectivity index (χ0v) is 17.7. The highest BCUT2D eigenvalue weighted by Gasteiger charge is 2.46. The fourth-order valence-electron chi connectivity index (χ4n) is 4.54. The second kappa shape index (κ2) is 6.52. The van der Waals surface area contributed by atoms with Crippen LogP contribution in [0.4, 0.5) is 11.4 Å². The van der Waals surface area contributed by atoms with Gasteiger partial charge in [-0.2, -0.15) is 0 Å². The summed E-state index contributed by atoms with van der Waals surface area (Å²) in [5.74, 6) is 0.251. The van der Waals surface area contributed by atoms with Crippen LogP contribution in [0.25, 0.3) is 11.1 Å². The fraction of sp³-hybridized carbons (Fsp3) is 0.0400. The molecule has 0 aliphatic heterocycles. The van der Waals surface area contributed by atoms with Crippen LogP contribution < -0.4 is 11.5 Å². The van der Waals surface area contributed by atoms with E-state index in [4.69, 9.17) is 11.5 Å². The topological polar surface area (TPSA) is 72.3 Å². The number of fused-ring (bicyclic) bond motifs is 3. The fourth-order valence-corrected chi connectivity index (χ4v) is 5.03. The summed E-state index contributed by atoms with van der Waals surface area (Å²) in [4.78, 5) is 0. The predicted octanol–water partition coefficient (Wildman–Crippen LogP) is 5.52. The Morgan fingerprint density at radius 2 is 1.10 bits per heavy atom. The van der Waals surface area contributed by atoms with E-state index in [0.29, 0.717) is 0 Å². The van der Waals surface area contributed by atoms with Crippen LogP contribution in [0.5, 0.6) is 5.75 Å². The zero-order valence-electron chi connectivity index (χ0n) is 15.6. The van der Waals surface area contributed by atoms with Gasteiger partial charge in [0.25, 0.3) is 0 Å². The minimum absolute atomic E-state index is 0.251. The number of rotatable bonds is 2. The summed E-state index contributed by atoms with van der Waals surface area (Å²) in [6, 6.07) is 28.2. The van der Waals surface area contributed by atoms with Crippen molar-refractivity contribution in [1.29, 1.82) is 0 Å². The number of hydrogen-bond acceptors (Lipinski definition) is 3. The smallest absolute Gasteiger partial charge is 0.115 e. The maximum Gasteiger partial charge on any atom is 0.115 e. The minimum atomic E-state index is -0.564. The highest BCUT2D eigenvalue weighted by Crippen LogP contribution is 2.57. The first-order valence-electron chi connectivity index (χ1n) is 9.36. The van der Waals surface area contributed by atoms with Crippen LogP contribution in [0.15, 0.2) is 84.9 Å². The van der Waals surface area contributed by atoms with Crippen LogP contribution in [-0.4, -0.2) is 5.11 Å². The molecule has 0 spiro atoms. The summed E-state index contributed by atoms with van der Waals surface area (Å²) in [6.07, 6.45) is 0. The Balaban J connectivity index is 1.97. The van der Waals surface area contributed by atoms with Crippen LogP contribution in [0.1, 0.15) is 22.3 Å². The summed E-state index contributed by atoms with van der Waals surface area (Å²) in [5.41, 5.74) is 19.6. The Bertz CT molecular complexity index is 1130. The first-order chi connectivity index (χ1) is 14.0. The molecule has 4 heteroatoms. The number of halogens is 1. The molecule has 0 aromatic heterocycles. The maximum absolute atomic E-state index is 10.4. The molecule has 0 saturated carbocycles. The Morgan fingerprint density at radius 1 is 0.621 bits per heavy atom. The Labute approximate surface area is 183 Å². The minimum Gasteiger partial charge on any atom is -0.508 e. The molecule has 5 rings (SSSR count). The molecule has 0 bridgehead atoms.